The number of rotatable bonds is 4. The number of nitrogens with zero attached hydrogens (tertiary/aromatic N) is 1. The van der Waals surface area contributed by atoms with Crippen LogP contribution in [0.2, 0.25) is 0 Å². The highest BCUT2D eigenvalue weighted by atomic mass is 32.1. The van der Waals surface area contributed by atoms with Crippen LogP contribution >= 0.6 is 11.3 Å². The fraction of sp³-hybridized carbons (Fsp3) is 0.455. The Morgan fingerprint density at radius 2 is 2.19 bits per heavy atom. The highest BCUT2D eigenvalue weighted by Crippen LogP contribution is 2.35. The van der Waals surface area contributed by atoms with Crippen molar-refractivity contribution in [3.63, 3.8) is 0 Å². The van der Waals surface area contributed by atoms with Gasteiger partial charge < -0.3 is 4.74 Å². The molecular weight excluding hydrogens is 226 g/mol. The van der Waals surface area contributed by atoms with Crippen LogP contribution in [-0.4, -0.2) is 18.7 Å². The molecule has 0 aliphatic heterocycles. The SMILES string of the molecule is CCOC(=O)c1c(N=C=O)sc(C)c1CC. The van der Waals surface area contributed by atoms with Crippen LogP contribution in [0.25, 0.3) is 0 Å². The van der Waals surface area contributed by atoms with Crippen molar-refractivity contribution in [3.8, 4) is 0 Å². The molecule has 0 spiro atoms. The summed E-state index contributed by atoms with van der Waals surface area (Å²) >= 11 is 1.31. The monoisotopic (exact) mass is 239 g/mol. The predicted molar refractivity (Wildman–Crippen MR) is 62.2 cm³/mol. The quantitative estimate of drug-likeness (QED) is 0.461. The molecule has 4 nitrogen and oxygen atoms in total. The lowest BCUT2D eigenvalue weighted by Crippen LogP contribution is -2.06. The summed E-state index contributed by atoms with van der Waals surface area (Å²) in [5, 5.41) is 0.391. The summed E-state index contributed by atoms with van der Waals surface area (Å²) < 4.78 is 4.95. The Balaban J connectivity index is 3.30. The minimum absolute atomic E-state index is 0.307. The molecule has 0 aromatic carbocycles. The Hall–Kier alpha value is -1.45. The maximum Gasteiger partial charge on any atom is 0.341 e. The molecule has 0 amide bonds. The Labute approximate surface area is 98.0 Å². The van der Waals surface area contributed by atoms with Crippen molar-refractivity contribution in [1.29, 1.82) is 0 Å². The lowest BCUT2D eigenvalue weighted by atomic mass is 10.1. The van der Waals surface area contributed by atoms with Crippen molar-refractivity contribution < 1.29 is 14.3 Å². The number of carbonyl (C=O) groups excluding carboxylic acids is 2. The predicted octanol–water partition coefficient (Wildman–Crippen LogP) is 2.76. The van der Waals surface area contributed by atoms with Crippen LogP contribution in [0, 0.1) is 6.92 Å². The van der Waals surface area contributed by atoms with E-state index in [9.17, 15) is 9.59 Å². The van der Waals surface area contributed by atoms with E-state index in [2.05, 4.69) is 4.99 Å². The van der Waals surface area contributed by atoms with E-state index >= 15 is 0 Å². The molecule has 0 unspecified atom stereocenters. The fourth-order valence-electron chi connectivity index (χ4n) is 1.52. The Bertz CT molecular complexity index is 444. The van der Waals surface area contributed by atoms with E-state index < -0.39 is 5.97 Å². The number of aryl methyl sites for hydroxylation is 1. The van der Waals surface area contributed by atoms with Gasteiger partial charge >= 0.3 is 5.97 Å². The second-order valence-electron chi connectivity index (χ2n) is 3.09. The van der Waals surface area contributed by atoms with Gasteiger partial charge in [-0.3, -0.25) is 0 Å². The van der Waals surface area contributed by atoms with E-state index in [0.717, 1.165) is 10.4 Å². The van der Waals surface area contributed by atoms with Gasteiger partial charge in [0.1, 0.15) is 10.6 Å². The second kappa shape index (κ2) is 5.58. The van der Waals surface area contributed by atoms with Gasteiger partial charge in [-0.15, -0.1) is 11.3 Å². The first-order valence-corrected chi connectivity index (χ1v) is 5.84. The lowest BCUT2D eigenvalue weighted by Gasteiger charge is -2.03. The molecule has 1 heterocycles. The molecule has 0 radical (unpaired) electrons. The van der Waals surface area contributed by atoms with E-state index in [4.69, 9.17) is 4.74 Å². The number of hydrogen-bond donors (Lipinski definition) is 0. The van der Waals surface area contributed by atoms with Crippen LogP contribution in [-0.2, 0) is 16.0 Å². The van der Waals surface area contributed by atoms with Gasteiger partial charge in [0, 0.05) is 4.88 Å². The molecule has 0 fully saturated rings. The molecule has 0 bridgehead atoms. The third-order valence-corrected chi connectivity index (χ3v) is 3.21. The number of carbonyl (C=O) groups is 1. The summed E-state index contributed by atoms with van der Waals surface area (Å²) in [7, 11) is 0. The number of ether oxygens (including phenoxy) is 1. The van der Waals surface area contributed by atoms with Crippen molar-refractivity contribution in [2.45, 2.75) is 27.2 Å². The van der Waals surface area contributed by atoms with Gasteiger partial charge in [-0.05, 0) is 25.8 Å². The van der Waals surface area contributed by atoms with Crippen molar-refractivity contribution in [1.82, 2.24) is 0 Å². The van der Waals surface area contributed by atoms with Gasteiger partial charge in [-0.1, -0.05) is 6.92 Å². The minimum atomic E-state index is -0.419. The number of isocyanates is 1. The molecule has 0 aliphatic rings. The molecule has 0 atom stereocenters. The molecule has 0 N–H and O–H groups in total. The van der Waals surface area contributed by atoms with Gasteiger partial charge in [0.2, 0.25) is 6.08 Å². The van der Waals surface area contributed by atoms with Crippen LogP contribution in [0.1, 0.15) is 34.6 Å². The highest BCUT2D eigenvalue weighted by Gasteiger charge is 2.21. The van der Waals surface area contributed by atoms with Crippen LogP contribution in [0.5, 0.6) is 0 Å². The first-order valence-electron chi connectivity index (χ1n) is 5.02. The van der Waals surface area contributed by atoms with Crippen LogP contribution in [0.15, 0.2) is 4.99 Å². The first kappa shape index (κ1) is 12.6. The van der Waals surface area contributed by atoms with Gasteiger partial charge in [0.15, 0.2) is 0 Å². The van der Waals surface area contributed by atoms with Crippen LogP contribution in [0.4, 0.5) is 5.00 Å². The fourth-order valence-corrected chi connectivity index (χ4v) is 2.57. The zero-order valence-electron chi connectivity index (χ0n) is 9.49. The molecule has 0 aliphatic carbocycles. The summed E-state index contributed by atoms with van der Waals surface area (Å²) in [6.45, 7) is 5.90. The summed E-state index contributed by atoms with van der Waals surface area (Å²) in [6, 6.07) is 0. The molecule has 0 saturated carbocycles. The highest BCUT2D eigenvalue weighted by molar-refractivity contribution is 7.16. The summed E-state index contributed by atoms with van der Waals surface area (Å²) in [5.74, 6) is -0.419. The average molecular weight is 239 g/mol. The number of thiophene rings is 1. The van der Waals surface area contributed by atoms with Crippen molar-refractivity contribution >= 4 is 28.4 Å². The average Bonchev–Trinajstić information content (AvgIpc) is 2.55. The van der Waals surface area contributed by atoms with Crippen molar-refractivity contribution in [2.75, 3.05) is 6.61 Å². The normalized spacial score (nSPS) is 9.69. The minimum Gasteiger partial charge on any atom is -0.462 e. The molecule has 1 aromatic heterocycles. The number of esters is 1. The molecule has 16 heavy (non-hydrogen) atoms. The molecule has 1 aromatic rings. The van der Waals surface area contributed by atoms with E-state index in [1.807, 2.05) is 13.8 Å². The van der Waals surface area contributed by atoms with E-state index in [-0.39, 0.29) is 0 Å². The lowest BCUT2D eigenvalue weighted by molar-refractivity contribution is 0.0526. The molecule has 86 valence electrons. The molecule has 1 rings (SSSR count). The third kappa shape index (κ3) is 2.38. The smallest absolute Gasteiger partial charge is 0.341 e. The Kier molecular flexibility index (Phi) is 4.40. The Morgan fingerprint density at radius 3 is 2.69 bits per heavy atom. The van der Waals surface area contributed by atoms with E-state index in [1.165, 1.54) is 17.4 Å². The summed E-state index contributed by atoms with van der Waals surface area (Å²) in [4.78, 5) is 26.5. The maximum absolute atomic E-state index is 11.7. The summed E-state index contributed by atoms with van der Waals surface area (Å²) in [6.07, 6.45) is 2.18. The number of aliphatic imine (C=N–C) groups is 1. The Morgan fingerprint density at radius 1 is 1.50 bits per heavy atom. The zero-order chi connectivity index (χ0) is 12.1. The van der Waals surface area contributed by atoms with Crippen molar-refractivity contribution in [2.24, 2.45) is 4.99 Å². The van der Waals surface area contributed by atoms with E-state index in [1.54, 1.807) is 6.92 Å². The third-order valence-electron chi connectivity index (χ3n) is 2.17. The topological polar surface area (TPSA) is 55.7 Å². The van der Waals surface area contributed by atoms with Crippen LogP contribution in [0.3, 0.4) is 0 Å². The van der Waals surface area contributed by atoms with Crippen molar-refractivity contribution in [3.05, 3.63) is 16.0 Å². The number of hydrogen-bond acceptors (Lipinski definition) is 5. The first-order chi connectivity index (χ1) is 7.65. The largest absolute Gasteiger partial charge is 0.462 e. The van der Waals surface area contributed by atoms with Gasteiger partial charge in [-0.2, -0.15) is 4.99 Å². The van der Waals surface area contributed by atoms with Crippen LogP contribution < -0.4 is 0 Å². The van der Waals surface area contributed by atoms with Gasteiger partial charge in [0.05, 0.1) is 6.61 Å². The van der Waals surface area contributed by atoms with Gasteiger partial charge in [-0.25, -0.2) is 9.59 Å². The summed E-state index contributed by atoms with van der Waals surface area (Å²) in [5.41, 5.74) is 1.31. The second-order valence-corrected chi connectivity index (χ2v) is 4.30. The maximum atomic E-state index is 11.7. The van der Waals surface area contributed by atoms with Gasteiger partial charge in [0.25, 0.3) is 0 Å². The van der Waals surface area contributed by atoms with E-state index in [0.29, 0.717) is 23.6 Å². The molecule has 0 saturated heterocycles. The molecular formula is C11H13NO3S. The standard InChI is InChI=1S/C11H13NO3S/c1-4-8-7(3)16-10(12-6-13)9(8)11(14)15-5-2/h4-5H2,1-3H3. The zero-order valence-corrected chi connectivity index (χ0v) is 10.3. The molecule has 5 heteroatoms.